The maximum atomic E-state index is 6.18. The van der Waals surface area contributed by atoms with Gasteiger partial charge in [0.25, 0.3) is 0 Å². The van der Waals surface area contributed by atoms with E-state index in [-0.39, 0.29) is 11.5 Å². The monoisotopic (exact) mass is 315 g/mol. The highest BCUT2D eigenvalue weighted by Crippen LogP contribution is 2.47. The second-order valence-corrected chi connectivity index (χ2v) is 6.63. The Morgan fingerprint density at radius 3 is 2.75 bits per heavy atom. The van der Waals surface area contributed by atoms with Crippen molar-refractivity contribution in [2.45, 2.75) is 52.2 Å². The molecule has 0 aliphatic heterocycles. The molecule has 1 aliphatic rings. The van der Waals surface area contributed by atoms with Gasteiger partial charge in [0, 0.05) is 29.0 Å². The topological polar surface area (TPSA) is 21.3 Å². The Kier molecular flexibility index (Phi) is 5.22. The summed E-state index contributed by atoms with van der Waals surface area (Å²) in [5.41, 5.74) is 0.154. The number of nitrogens with one attached hydrogen (secondary N) is 1. The van der Waals surface area contributed by atoms with Crippen LogP contribution in [-0.2, 0) is 0 Å². The van der Waals surface area contributed by atoms with E-state index in [0.717, 1.165) is 25.8 Å². The molecule has 0 spiro atoms. The molecule has 0 bridgehead atoms. The summed E-state index contributed by atoms with van der Waals surface area (Å²) in [7, 11) is 0. The lowest BCUT2D eigenvalue weighted by Gasteiger charge is -2.53. The molecule has 1 aromatic rings. The first kappa shape index (κ1) is 15.9. The number of hydrogen-bond donors (Lipinski definition) is 1. The lowest BCUT2D eigenvalue weighted by molar-refractivity contribution is -0.0700. The molecule has 3 atom stereocenters. The van der Waals surface area contributed by atoms with Crippen molar-refractivity contribution in [3.8, 4) is 5.75 Å². The summed E-state index contributed by atoms with van der Waals surface area (Å²) in [6.45, 7) is 7.75. The summed E-state index contributed by atoms with van der Waals surface area (Å²) < 4.78 is 6.12. The average molecular weight is 316 g/mol. The van der Waals surface area contributed by atoms with Gasteiger partial charge < -0.3 is 10.1 Å². The molecule has 1 fully saturated rings. The van der Waals surface area contributed by atoms with E-state index in [1.807, 2.05) is 0 Å². The van der Waals surface area contributed by atoms with Crippen molar-refractivity contribution in [3.05, 3.63) is 28.2 Å². The van der Waals surface area contributed by atoms with Gasteiger partial charge in [0.05, 0.1) is 5.02 Å². The lowest BCUT2D eigenvalue weighted by Crippen LogP contribution is -2.63. The second-order valence-electron chi connectivity index (χ2n) is 5.78. The largest absolute Gasteiger partial charge is 0.488 e. The van der Waals surface area contributed by atoms with Crippen LogP contribution in [-0.4, -0.2) is 18.7 Å². The van der Waals surface area contributed by atoms with Crippen molar-refractivity contribution in [1.82, 2.24) is 5.32 Å². The average Bonchev–Trinajstić information content (AvgIpc) is 2.44. The van der Waals surface area contributed by atoms with Gasteiger partial charge in [-0.1, -0.05) is 44.0 Å². The zero-order chi connectivity index (χ0) is 14.8. The van der Waals surface area contributed by atoms with Crippen molar-refractivity contribution in [1.29, 1.82) is 0 Å². The number of benzene rings is 1. The highest BCUT2D eigenvalue weighted by Gasteiger charge is 2.51. The summed E-state index contributed by atoms with van der Waals surface area (Å²) in [6.07, 6.45) is 3.45. The summed E-state index contributed by atoms with van der Waals surface area (Å²) in [6, 6.07) is 5.89. The molecule has 0 amide bonds. The molecule has 112 valence electrons. The summed E-state index contributed by atoms with van der Waals surface area (Å²) in [5.74, 6) is 0.692. The summed E-state index contributed by atoms with van der Waals surface area (Å²) in [4.78, 5) is 0. The minimum Gasteiger partial charge on any atom is -0.488 e. The molecule has 2 rings (SSSR count). The standard InChI is InChI=1S/C16H23Cl2NO/c1-4-8-19-14-10-15(16(14,3)5-2)20-13-9-11(17)6-7-12(13)18/h6-7,9,14-15,19H,4-5,8,10H2,1-3H3. The molecular weight excluding hydrogens is 293 g/mol. The van der Waals surface area contributed by atoms with Crippen LogP contribution in [0.25, 0.3) is 0 Å². The molecule has 0 heterocycles. The highest BCUT2D eigenvalue weighted by molar-refractivity contribution is 6.34. The quantitative estimate of drug-likeness (QED) is 0.803. The van der Waals surface area contributed by atoms with Crippen LogP contribution in [0.15, 0.2) is 18.2 Å². The Balaban J connectivity index is 2.05. The Labute approximate surface area is 131 Å². The van der Waals surface area contributed by atoms with Crippen LogP contribution in [0.5, 0.6) is 5.75 Å². The Bertz CT molecular complexity index is 466. The minimum absolute atomic E-state index is 0.154. The molecule has 3 unspecified atom stereocenters. The first-order chi connectivity index (χ1) is 9.51. The van der Waals surface area contributed by atoms with Gasteiger partial charge in [0.15, 0.2) is 0 Å². The van der Waals surface area contributed by atoms with Crippen molar-refractivity contribution in [2.75, 3.05) is 6.54 Å². The maximum absolute atomic E-state index is 6.18. The fourth-order valence-corrected chi connectivity index (χ4v) is 3.15. The molecule has 0 radical (unpaired) electrons. The number of halogens is 2. The molecule has 2 nitrogen and oxygen atoms in total. The van der Waals surface area contributed by atoms with Crippen LogP contribution in [0.4, 0.5) is 0 Å². The van der Waals surface area contributed by atoms with E-state index in [2.05, 4.69) is 26.1 Å². The van der Waals surface area contributed by atoms with E-state index in [4.69, 9.17) is 27.9 Å². The Morgan fingerprint density at radius 1 is 1.35 bits per heavy atom. The molecule has 1 N–H and O–H groups in total. The molecule has 4 heteroatoms. The van der Waals surface area contributed by atoms with Gasteiger partial charge in [-0.25, -0.2) is 0 Å². The number of ether oxygens (including phenoxy) is 1. The molecule has 0 aromatic heterocycles. The smallest absolute Gasteiger partial charge is 0.139 e. The number of hydrogen-bond acceptors (Lipinski definition) is 2. The highest BCUT2D eigenvalue weighted by atomic mass is 35.5. The van der Waals surface area contributed by atoms with Crippen LogP contribution < -0.4 is 10.1 Å². The predicted octanol–water partition coefficient (Wildman–Crippen LogP) is 4.93. The lowest BCUT2D eigenvalue weighted by atomic mass is 9.61. The van der Waals surface area contributed by atoms with Crippen LogP contribution >= 0.6 is 23.2 Å². The fourth-order valence-electron chi connectivity index (χ4n) is 2.83. The SMILES string of the molecule is CCCNC1CC(Oc2cc(Cl)ccc2Cl)C1(C)CC. The molecule has 1 saturated carbocycles. The Hall–Kier alpha value is -0.440. The van der Waals surface area contributed by atoms with Crippen LogP contribution in [0, 0.1) is 5.41 Å². The fraction of sp³-hybridized carbons (Fsp3) is 0.625. The predicted molar refractivity (Wildman–Crippen MR) is 86.0 cm³/mol. The van der Waals surface area contributed by atoms with Crippen molar-refractivity contribution in [3.63, 3.8) is 0 Å². The third-order valence-corrected chi connectivity index (χ3v) is 5.09. The summed E-state index contributed by atoms with van der Waals surface area (Å²) in [5, 5.41) is 4.89. The Morgan fingerprint density at radius 2 is 2.10 bits per heavy atom. The first-order valence-electron chi connectivity index (χ1n) is 7.36. The van der Waals surface area contributed by atoms with Gasteiger partial charge in [-0.05, 0) is 31.5 Å². The van der Waals surface area contributed by atoms with Crippen LogP contribution in [0.2, 0.25) is 10.0 Å². The van der Waals surface area contributed by atoms with E-state index in [1.165, 1.54) is 0 Å². The van der Waals surface area contributed by atoms with E-state index in [9.17, 15) is 0 Å². The third-order valence-electron chi connectivity index (χ3n) is 4.55. The zero-order valence-corrected chi connectivity index (χ0v) is 13.9. The summed E-state index contributed by atoms with van der Waals surface area (Å²) >= 11 is 12.2. The molecule has 0 saturated heterocycles. The van der Waals surface area contributed by atoms with Crippen LogP contribution in [0.1, 0.15) is 40.0 Å². The van der Waals surface area contributed by atoms with E-state index in [0.29, 0.717) is 21.8 Å². The van der Waals surface area contributed by atoms with Gasteiger partial charge in [-0.3, -0.25) is 0 Å². The van der Waals surface area contributed by atoms with E-state index < -0.39 is 0 Å². The third kappa shape index (κ3) is 3.08. The van der Waals surface area contributed by atoms with Gasteiger partial charge in [-0.15, -0.1) is 0 Å². The molecular formula is C16H23Cl2NO. The van der Waals surface area contributed by atoms with Gasteiger partial charge >= 0.3 is 0 Å². The van der Waals surface area contributed by atoms with Gasteiger partial charge in [0.1, 0.15) is 11.9 Å². The van der Waals surface area contributed by atoms with Crippen molar-refractivity contribution >= 4 is 23.2 Å². The van der Waals surface area contributed by atoms with Gasteiger partial charge in [-0.2, -0.15) is 0 Å². The zero-order valence-electron chi connectivity index (χ0n) is 12.4. The molecule has 1 aromatic carbocycles. The van der Waals surface area contributed by atoms with E-state index in [1.54, 1.807) is 18.2 Å². The normalized spacial score (nSPS) is 29.1. The second kappa shape index (κ2) is 6.55. The van der Waals surface area contributed by atoms with Gasteiger partial charge in [0.2, 0.25) is 0 Å². The first-order valence-corrected chi connectivity index (χ1v) is 8.12. The van der Waals surface area contributed by atoms with E-state index >= 15 is 0 Å². The minimum atomic E-state index is 0.154. The van der Waals surface area contributed by atoms with Crippen molar-refractivity contribution in [2.24, 2.45) is 5.41 Å². The molecule has 1 aliphatic carbocycles. The van der Waals surface area contributed by atoms with Crippen LogP contribution in [0.3, 0.4) is 0 Å². The number of rotatable bonds is 6. The maximum Gasteiger partial charge on any atom is 0.139 e. The molecule has 20 heavy (non-hydrogen) atoms. The van der Waals surface area contributed by atoms with Crippen molar-refractivity contribution < 1.29 is 4.74 Å².